The van der Waals surface area contributed by atoms with Crippen molar-refractivity contribution in [1.29, 1.82) is 0 Å². The number of H-pyrrole nitrogens is 1. The van der Waals surface area contributed by atoms with Gasteiger partial charge in [-0.25, -0.2) is 0 Å². The highest BCUT2D eigenvalue weighted by Gasteiger charge is 2.21. The number of rotatable bonds is 5. The Morgan fingerprint density at radius 3 is 2.90 bits per heavy atom. The molecule has 2 rings (SSSR count). The van der Waals surface area contributed by atoms with Crippen LogP contribution in [0.3, 0.4) is 0 Å². The number of benzene rings is 1. The van der Waals surface area contributed by atoms with Gasteiger partial charge in [-0.3, -0.25) is 4.79 Å². The third-order valence-electron chi connectivity index (χ3n) is 3.41. The van der Waals surface area contributed by atoms with Gasteiger partial charge in [0.1, 0.15) is 0 Å². The molecule has 1 heterocycles. The Bertz CT molecular complexity index is 702. The number of carbonyl (C=O) groups excluding carboxylic acids is 1. The molecule has 5 nitrogen and oxygen atoms in total. The monoisotopic (exact) mass is 308 g/mol. The highest BCUT2D eigenvalue weighted by atomic mass is 32.1. The van der Waals surface area contributed by atoms with E-state index in [2.05, 4.69) is 10.3 Å². The number of fused-ring (bicyclic) bond motifs is 1. The number of hydrogen-bond donors (Lipinski definition) is 2. The molecule has 0 spiro atoms. The van der Waals surface area contributed by atoms with Crippen LogP contribution < -0.4 is 5.32 Å². The molecule has 1 atom stereocenters. The van der Waals surface area contributed by atoms with Crippen molar-refractivity contribution >= 4 is 29.2 Å². The minimum absolute atomic E-state index is 0.000763. The van der Waals surface area contributed by atoms with E-state index in [4.69, 9.17) is 21.4 Å². The van der Waals surface area contributed by atoms with Crippen molar-refractivity contribution in [3.8, 4) is 0 Å². The predicted octanol–water partition coefficient (Wildman–Crippen LogP) is 3.42. The first-order chi connectivity index (χ1) is 9.80. The van der Waals surface area contributed by atoms with Gasteiger partial charge in [-0.05, 0) is 57.6 Å². The molecule has 2 N–H and O–H groups in total. The van der Waals surface area contributed by atoms with Crippen LogP contribution in [0.2, 0.25) is 0 Å². The molecule has 0 fully saturated rings. The fourth-order valence-corrected chi connectivity index (χ4v) is 2.47. The molecule has 0 aliphatic heterocycles. The smallest absolute Gasteiger partial charge is 0.266 e. The van der Waals surface area contributed by atoms with Crippen LogP contribution in [0, 0.1) is 4.84 Å². The molecular formula is C15H20N2O3S. The number of nitrogens with one attached hydrogen (secondary N) is 2. The molecule has 0 saturated heterocycles. The Morgan fingerprint density at radius 2 is 2.24 bits per heavy atom. The van der Waals surface area contributed by atoms with Crippen LogP contribution in [0.5, 0.6) is 0 Å². The minimum atomic E-state index is -0.274. The van der Waals surface area contributed by atoms with Crippen LogP contribution in [0.1, 0.15) is 37.6 Å². The first-order valence-corrected chi connectivity index (χ1v) is 7.20. The molecule has 2 aromatic rings. The molecule has 6 heteroatoms. The van der Waals surface area contributed by atoms with E-state index < -0.39 is 0 Å². The number of aromatic amines is 1. The van der Waals surface area contributed by atoms with Crippen molar-refractivity contribution in [3.63, 3.8) is 0 Å². The quantitative estimate of drug-likeness (QED) is 0.831. The summed E-state index contributed by atoms with van der Waals surface area (Å²) < 4.78 is 10.7. The van der Waals surface area contributed by atoms with Gasteiger partial charge in [-0.1, -0.05) is 0 Å². The van der Waals surface area contributed by atoms with E-state index in [0.29, 0.717) is 16.0 Å². The van der Waals surface area contributed by atoms with Gasteiger partial charge in [0.25, 0.3) is 10.7 Å². The van der Waals surface area contributed by atoms with Gasteiger partial charge in [0, 0.05) is 18.7 Å². The van der Waals surface area contributed by atoms with E-state index in [0.717, 1.165) is 11.9 Å². The number of aromatic nitrogens is 1. The van der Waals surface area contributed by atoms with Crippen LogP contribution in [0.25, 0.3) is 11.1 Å². The lowest BCUT2D eigenvalue weighted by molar-refractivity contribution is 0.00885. The Morgan fingerprint density at radius 1 is 1.52 bits per heavy atom. The molecule has 0 aliphatic carbocycles. The first-order valence-electron chi connectivity index (χ1n) is 6.79. The molecule has 0 radical (unpaired) electrons. The topological polar surface area (TPSA) is 67.3 Å². The van der Waals surface area contributed by atoms with Gasteiger partial charge >= 0.3 is 0 Å². The molecule has 1 aromatic heterocycles. The molecule has 21 heavy (non-hydrogen) atoms. The fraction of sp³-hybridized carbons (Fsp3) is 0.467. The van der Waals surface area contributed by atoms with E-state index in [-0.39, 0.29) is 17.6 Å². The molecule has 0 unspecified atom stereocenters. The zero-order chi connectivity index (χ0) is 15.6. The summed E-state index contributed by atoms with van der Waals surface area (Å²) in [6.45, 7) is 5.94. The lowest BCUT2D eigenvalue weighted by atomic mass is 9.99. The van der Waals surface area contributed by atoms with Crippen LogP contribution in [0.15, 0.2) is 22.6 Å². The van der Waals surface area contributed by atoms with Gasteiger partial charge in [-0.15, -0.1) is 0 Å². The van der Waals surface area contributed by atoms with Gasteiger partial charge in [0.2, 0.25) is 0 Å². The van der Waals surface area contributed by atoms with E-state index in [1.54, 1.807) is 25.3 Å². The van der Waals surface area contributed by atoms with E-state index in [1.165, 1.54) is 0 Å². The summed E-state index contributed by atoms with van der Waals surface area (Å²) in [5, 5.41) is 2.96. The summed E-state index contributed by atoms with van der Waals surface area (Å²) in [4.78, 5) is 15.5. The summed E-state index contributed by atoms with van der Waals surface area (Å²) in [6, 6.07) is 5.21. The molecule has 1 aromatic carbocycles. The molecule has 1 amide bonds. The van der Waals surface area contributed by atoms with Gasteiger partial charge in [-0.2, -0.15) is 0 Å². The second-order valence-corrected chi connectivity index (χ2v) is 6.14. The Labute approximate surface area is 128 Å². The number of hydrogen-bond acceptors (Lipinski definition) is 4. The number of oxazole rings is 1. The number of amides is 1. The zero-order valence-electron chi connectivity index (χ0n) is 12.6. The summed E-state index contributed by atoms with van der Waals surface area (Å²) in [5.41, 5.74) is 1.63. The maximum absolute atomic E-state index is 12.2. The average molecular weight is 308 g/mol. The second kappa shape index (κ2) is 5.99. The average Bonchev–Trinajstić information content (AvgIpc) is 2.76. The zero-order valence-corrected chi connectivity index (χ0v) is 13.5. The first kappa shape index (κ1) is 15.7. The normalized spacial score (nSPS) is 13.3. The minimum Gasteiger partial charge on any atom is -0.429 e. The van der Waals surface area contributed by atoms with E-state index in [1.807, 2.05) is 20.8 Å². The summed E-state index contributed by atoms with van der Waals surface area (Å²) in [7, 11) is 1.67. The van der Waals surface area contributed by atoms with Crippen molar-refractivity contribution in [2.45, 2.75) is 38.8 Å². The lowest BCUT2D eigenvalue weighted by Crippen LogP contribution is -2.38. The highest BCUT2D eigenvalue weighted by Crippen LogP contribution is 2.17. The fourth-order valence-electron chi connectivity index (χ4n) is 2.27. The van der Waals surface area contributed by atoms with Gasteiger partial charge in [0.05, 0.1) is 11.1 Å². The van der Waals surface area contributed by atoms with Crippen molar-refractivity contribution < 1.29 is 13.9 Å². The Balaban J connectivity index is 2.09. The SMILES string of the molecule is COC(C)(C)C[C@H](C)NC(=O)c1ccc2[nH]c(=S)oc2c1. The molecule has 0 saturated carbocycles. The van der Waals surface area contributed by atoms with Crippen LogP contribution >= 0.6 is 12.2 Å². The Kier molecular flexibility index (Phi) is 4.49. The Hall–Kier alpha value is -1.66. The lowest BCUT2D eigenvalue weighted by Gasteiger charge is -2.27. The van der Waals surface area contributed by atoms with E-state index >= 15 is 0 Å². The second-order valence-electron chi connectivity index (χ2n) is 5.77. The van der Waals surface area contributed by atoms with Crippen LogP contribution in [-0.2, 0) is 4.74 Å². The summed E-state index contributed by atoms with van der Waals surface area (Å²) in [5.74, 6) is -0.140. The van der Waals surface area contributed by atoms with Crippen molar-refractivity contribution in [1.82, 2.24) is 10.3 Å². The number of methoxy groups -OCH3 is 1. The summed E-state index contributed by atoms with van der Waals surface area (Å²) in [6.07, 6.45) is 0.725. The third-order valence-corrected chi connectivity index (χ3v) is 3.60. The predicted molar refractivity (Wildman–Crippen MR) is 84.0 cm³/mol. The van der Waals surface area contributed by atoms with Crippen molar-refractivity contribution in [3.05, 3.63) is 28.6 Å². The molecule has 114 valence electrons. The van der Waals surface area contributed by atoms with Gasteiger partial charge < -0.3 is 19.5 Å². The van der Waals surface area contributed by atoms with Crippen LogP contribution in [0.4, 0.5) is 0 Å². The third kappa shape index (κ3) is 3.92. The molecular weight excluding hydrogens is 288 g/mol. The van der Waals surface area contributed by atoms with Crippen molar-refractivity contribution in [2.24, 2.45) is 0 Å². The summed E-state index contributed by atoms with van der Waals surface area (Å²) >= 11 is 4.93. The van der Waals surface area contributed by atoms with Crippen molar-refractivity contribution in [2.75, 3.05) is 7.11 Å². The maximum Gasteiger partial charge on any atom is 0.266 e. The molecule has 0 bridgehead atoms. The molecule has 0 aliphatic rings. The number of ether oxygens (including phenoxy) is 1. The highest BCUT2D eigenvalue weighted by molar-refractivity contribution is 7.71. The van der Waals surface area contributed by atoms with E-state index in [9.17, 15) is 4.79 Å². The largest absolute Gasteiger partial charge is 0.429 e. The van der Waals surface area contributed by atoms with Gasteiger partial charge in [0.15, 0.2) is 5.58 Å². The number of carbonyl (C=O) groups is 1. The van der Waals surface area contributed by atoms with Crippen LogP contribution in [-0.4, -0.2) is 29.6 Å². The maximum atomic E-state index is 12.2. The standard InChI is InChI=1S/C15H20N2O3S/c1-9(8-15(2,3)19-4)16-13(18)10-5-6-11-12(7-10)20-14(21)17-11/h5-7,9H,8H2,1-4H3,(H,16,18)(H,17,21)/t9-/m0/s1.